The van der Waals surface area contributed by atoms with Crippen LogP contribution in [0.3, 0.4) is 0 Å². The fourth-order valence-electron chi connectivity index (χ4n) is 1.13. The van der Waals surface area contributed by atoms with Crippen molar-refractivity contribution < 1.29 is 10.0 Å². The average Bonchev–Trinajstić information content (AvgIpc) is 2.35. The number of carbonyl (C=O) groups excluding carboxylic acids is 1. The van der Waals surface area contributed by atoms with Crippen molar-refractivity contribution in [1.29, 1.82) is 0 Å². The molecule has 0 unspecified atom stereocenters. The molecular weight excluding hydrogens is 222 g/mol. The van der Waals surface area contributed by atoms with Gasteiger partial charge in [-0.15, -0.1) is 0 Å². The molecule has 1 amide bonds. The number of hydrogen-bond donors (Lipinski definition) is 2. The van der Waals surface area contributed by atoms with Gasteiger partial charge in [0.05, 0.1) is 11.9 Å². The Hall–Kier alpha value is -2.18. The van der Waals surface area contributed by atoms with Crippen LogP contribution >= 0.6 is 0 Å². The molecule has 7 nitrogen and oxygen atoms in total. The molecule has 0 bridgehead atoms. The van der Waals surface area contributed by atoms with Crippen LogP contribution in [0.2, 0.25) is 0 Å². The molecule has 1 aromatic heterocycles. The van der Waals surface area contributed by atoms with Gasteiger partial charge in [0, 0.05) is 26.2 Å². The average molecular weight is 237 g/mol. The number of aromatic nitrogens is 2. The van der Waals surface area contributed by atoms with Crippen molar-refractivity contribution in [3.8, 4) is 0 Å². The first-order valence-electron chi connectivity index (χ1n) is 5.05. The summed E-state index contributed by atoms with van der Waals surface area (Å²) in [5.41, 5.74) is 6.34. The molecule has 0 saturated carbocycles. The summed E-state index contributed by atoms with van der Waals surface area (Å²) in [5.74, 6) is -0.164. The monoisotopic (exact) mass is 237 g/mol. The standard InChI is InChI=1S/C10H15N5O2/c1-7-5-13-8(6-12-7)10(16)15(2)4-3-9(11)14-17/h5-6,17H,3-4H2,1-2H3,(H2,11,14). The molecule has 7 heteroatoms. The summed E-state index contributed by atoms with van der Waals surface area (Å²) in [6, 6.07) is 0. The normalized spacial score (nSPS) is 11.3. The molecule has 92 valence electrons. The summed E-state index contributed by atoms with van der Waals surface area (Å²) in [4.78, 5) is 21.3. The Morgan fingerprint density at radius 2 is 2.24 bits per heavy atom. The van der Waals surface area contributed by atoms with Crippen molar-refractivity contribution in [2.24, 2.45) is 10.9 Å². The van der Waals surface area contributed by atoms with Crippen molar-refractivity contribution in [3.63, 3.8) is 0 Å². The van der Waals surface area contributed by atoms with E-state index in [4.69, 9.17) is 10.9 Å². The third-order valence-electron chi connectivity index (χ3n) is 2.18. The predicted octanol–water partition coefficient (Wildman–Crippen LogP) is -0.00648. The molecule has 3 N–H and O–H groups in total. The number of aryl methyl sites for hydroxylation is 1. The smallest absolute Gasteiger partial charge is 0.273 e. The summed E-state index contributed by atoms with van der Waals surface area (Å²) in [6.07, 6.45) is 3.26. The second-order valence-corrected chi connectivity index (χ2v) is 3.61. The number of amides is 1. The maximum Gasteiger partial charge on any atom is 0.273 e. The van der Waals surface area contributed by atoms with Crippen LogP contribution < -0.4 is 5.73 Å². The van der Waals surface area contributed by atoms with Gasteiger partial charge in [-0.3, -0.25) is 9.78 Å². The van der Waals surface area contributed by atoms with Crippen molar-refractivity contribution in [2.45, 2.75) is 13.3 Å². The van der Waals surface area contributed by atoms with Gasteiger partial charge in [-0.2, -0.15) is 0 Å². The van der Waals surface area contributed by atoms with Crippen LogP contribution in [0, 0.1) is 6.92 Å². The van der Waals surface area contributed by atoms with E-state index in [1.807, 2.05) is 0 Å². The highest BCUT2D eigenvalue weighted by Gasteiger charge is 2.13. The maximum atomic E-state index is 11.8. The van der Waals surface area contributed by atoms with Gasteiger partial charge < -0.3 is 15.8 Å². The van der Waals surface area contributed by atoms with E-state index in [9.17, 15) is 4.79 Å². The van der Waals surface area contributed by atoms with Crippen LogP contribution in [-0.4, -0.2) is 45.4 Å². The molecule has 17 heavy (non-hydrogen) atoms. The molecule has 1 rings (SSSR count). The molecular formula is C10H15N5O2. The Morgan fingerprint density at radius 3 is 2.76 bits per heavy atom. The summed E-state index contributed by atoms with van der Waals surface area (Å²) < 4.78 is 0. The minimum atomic E-state index is -0.247. The summed E-state index contributed by atoms with van der Waals surface area (Å²) in [5, 5.41) is 11.2. The number of nitrogens with two attached hydrogens (primary N) is 1. The molecule has 0 aliphatic heterocycles. The van der Waals surface area contributed by atoms with Crippen LogP contribution in [0.1, 0.15) is 22.6 Å². The Morgan fingerprint density at radius 1 is 1.53 bits per heavy atom. The zero-order valence-electron chi connectivity index (χ0n) is 9.79. The third-order valence-corrected chi connectivity index (χ3v) is 2.18. The van der Waals surface area contributed by atoms with Crippen molar-refractivity contribution in [2.75, 3.05) is 13.6 Å². The van der Waals surface area contributed by atoms with E-state index in [1.165, 1.54) is 17.3 Å². The number of nitrogens with zero attached hydrogens (tertiary/aromatic N) is 4. The fourth-order valence-corrected chi connectivity index (χ4v) is 1.13. The van der Waals surface area contributed by atoms with E-state index in [0.717, 1.165) is 5.69 Å². The summed E-state index contributed by atoms with van der Waals surface area (Å²) >= 11 is 0. The third kappa shape index (κ3) is 3.71. The molecule has 1 heterocycles. The second kappa shape index (κ2) is 5.78. The van der Waals surface area contributed by atoms with E-state index in [2.05, 4.69) is 15.1 Å². The SMILES string of the molecule is Cc1cnc(C(=O)N(C)CCC(N)=NO)cn1. The largest absolute Gasteiger partial charge is 0.409 e. The number of oxime groups is 1. The zero-order valence-corrected chi connectivity index (χ0v) is 9.79. The number of carbonyl (C=O) groups is 1. The number of amidine groups is 1. The molecule has 0 fully saturated rings. The van der Waals surface area contributed by atoms with Crippen LogP contribution in [0.4, 0.5) is 0 Å². The maximum absolute atomic E-state index is 11.8. The zero-order chi connectivity index (χ0) is 12.8. The lowest BCUT2D eigenvalue weighted by Gasteiger charge is -2.15. The molecule has 0 saturated heterocycles. The Bertz CT molecular complexity index is 415. The van der Waals surface area contributed by atoms with Gasteiger partial charge in [0.2, 0.25) is 0 Å². The lowest BCUT2D eigenvalue weighted by molar-refractivity contribution is 0.0792. The lowest BCUT2D eigenvalue weighted by Crippen LogP contribution is -2.31. The quantitative estimate of drug-likeness (QED) is 0.332. The van der Waals surface area contributed by atoms with Gasteiger partial charge in [-0.1, -0.05) is 5.16 Å². The molecule has 1 aromatic rings. The molecule has 0 radical (unpaired) electrons. The number of hydrogen-bond acceptors (Lipinski definition) is 5. The first-order chi connectivity index (χ1) is 8.04. The number of rotatable bonds is 4. The van der Waals surface area contributed by atoms with Crippen LogP contribution in [-0.2, 0) is 0 Å². The van der Waals surface area contributed by atoms with Gasteiger partial charge in [0.15, 0.2) is 0 Å². The summed E-state index contributed by atoms with van der Waals surface area (Å²) in [6.45, 7) is 2.15. The van der Waals surface area contributed by atoms with E-state index in [0.29, 0.717) is 13.0 Å². The molecule has 0 spiro atoms. The first kappa shape index (κ1) is 12.9. The van der Waals surface area contributed by atoms with Gasteiger partial charge >= 0.3 is 0 Å². The molecule has 0 atom stereocenters. The second-order valence-electron chi connectivity index (χ2n) is 3.61. The molecule has 0 aliphatic carbocycles. The fraction of sp³-hybridized carbons (Fsp3) is 0.400. The predicted molar refractivity (Wildman–Crippen MR) is 61.8 cm³/mol. The van der Waals surface area contributed by atoms with Gasteiger partial charge in [-0.05, 0) is 6.92 Å². The van der Waals surface area contributed by atoms with Gasteiger partial charge in [0.1, 0.15) is 11.5 Å². The van der Waals surface area contributed by atoms with Crippen molar-refractivity contribution >= 4 is 11.7 Å². The van der Waals surface area contributed by atoms with Gasteiger partial charge in [-0.25, -0.2) is 4.98 Å². The molecule has 0 aromatic carbocycles. The van der Waals surface area contributed by atoms with Crippen LogP contribution in [0.15, 0.2) is 17.5 Å². The highest BCUT2D eigenvalue weighted by Crippen LogP contribution is 2.00. The minimum absolute atomic E-state index is 0.0830. The Kier molecular flexibility index (Phi) is 4.38. The molecule has 0 aliphatic rings. The van der Waals surface area contributed by atoms with E-state index in [-0.39, 0.29) is 17.4 Å². The van der Waals surface area contributed by atoms with E-state index in [1.54, 1.807) is 14.0 Å². The van der Waals surface area contributed by atoms with Crippen molar-refractivity contribution in [3.05, 3.63) is 23.8 Å². The highest BCUT2D eigenvalue weighted by molar-refractivity contribution is 5.92. The Balaban J connectivity index is 2.60. The minimum Gasteiger partial charge on any atom is -0.409 e. The van der Waals surface area contributed by atoms with Crippen molar-refractivity contribution in [1.82, 2.24) is 14.9 Å². The highest BCUT2D eigenvalue weighted by atomic mass is 16.4. The Labute approximate surface area is 99.0 Å². The van der Waals surface area contributed by atoms with Crippen LogP contribution in [0.5, 0.6) is 0 Å². The topological polar surface area (TPSA) is 105 Å². The summed E-state index contributed by atoms with van der Waals surface area (Å²) in [7, 11) is 1.62. The van der Waals surface area contributed by atoms with E-state index >= 15 is 0 Å². The lowest BCUT2D eigenvalue weighted by atomic mass is 10.3. The van der Waals surface area contributed by atoms with Gasteiger partial charge in [0.25, 0.3) is 5.91 Å². The van der Waals surface area contributed by atoms with Crippen LogP contribution in [0.25, 0.3) is 0 Å². The van der Waals surface area contributed by atoms with E-state index < -0.39 is 0 Å². The first-order valence-corrected chi connectivity index (χ1v) is 5.05.